The number of halogens is 6. The van der Waals surface area contributed by atoms with E-state index >= 15 is 0 Å². The Bertz CT molecular complexity index is 1720. The van der Waals surface area contributed by atoms with E-state index in [1.54, 1.807) is 6.07 Å². The maximum absolute atomic E-state index is 14.2. The Hall–Kier alpha value is -4.72. The number of carbonyl (C=O) groups is 2. The van der Waals surface area contributed by atoms with Crippen LogP contribution in [0.3, 0.4) is 0 Å². The molecule has 2 amide bonds. The SMILES string of the molecule is NC(=O)c1cc(-c2cccnc2C(Cc2cc(F)cc(F)c2)NC(=O)Cn2nc(C(F)(F)F)c3c2CCCC3O)ccc1F. The number of rotatable bonds is 8. The summed E-state index contributed by atoms with van der Waals surface area (Å²) in [6, 6.07) is 8.32. The van der Waals surface area contributed by atoms with E-state index in [2.05, 4.69) is 15.4 Å². The number of aliphatic hydroxyl groups excluding tert-OH is 1. The van der Waals surface area contributed by atoms with E-state index < -0.39 is 65.4 Å². The molecule has 0 saturated carbocycles. The second-order valence-corrected chi connectivity index (χ2v) is 10.4. The number of hydrogen-bond donors (Lipinski definition) is 3. The lowest BCUT2D eigenvalue weighted by Gasteiger charge is -2.23. The average Bonchev–Trinajstić information content (AvgIpc) is 3.32. The first-order chi connectivity index (χ1) is 20.8. The van der Waals surface area contributed by atoms with E-state index in [-0.39, 0.29) is 47.3 Å². The molecule has 8 nitrogen and oxygen atoms in total. The highest BCUT2D eigenvalue weighted by atomic mass is 19.4. The van der Waals surface area contributed by atoms with Crippen molar-refractivity contribution in [3.8, 4) is 11.1 Å². The van der Waals surface area contributed by atoms with E-state index in [0.717, 1.165) is 22.9 Å². The number of pyridine rings is 1. The first-order valence-corrected chi connectivity index (χ1v) is 13.5. The fourth-order valence-corrected chi connectivity index (χ4v) is 5.45. The van der Waals surface area contributed by atoms with Crippen LogP contribution in [0.4, 0.5) is 26.3 Å². The molecule has 2 heterocycles. The maximum Gasteiger partial charge on any atom is 0.435 e. The molecule has 44 heavy (non-hydrogen) atoms. The molecule has 0 fully saturated rings. The summed E-state index contributed by atoms with van der Waals surface area (Å²) in [4.78, 5) is 29.5. The van der Waals surface area contributed by atoms with Crippen molar-refractivity contribution in [2.75, 3.05) is 0 Å². The summed E-state index contributed by atoms with van der Waals surface area (Å²) >= 11 is 0. The smallest absolute Gasteiger partial charge is 0.388 e. The van der Waals surface area contributed by atoms with Crippen LogP contribution in [-0.4, -0.2) is 31.7 Å². The Morgan fingerprint density at radius 2 is 1.82 bits per heavy atom. The maximum atomic E-state index is 14.2. The second kappa shape index (κ2) is 12.1. The van der Waals surface area contributed by atoms with Crippen LogP contribution in [0.15, 0.2) is 54.7 Å². The number of alkyl halides is 3. The first-order valence-electron chi connectivity index (χ1n) is 13.5. The highest BCUT2D eigenvalue weighted by Crippen LogP contribution is 2.40. The number of nitrogens with zero attached hydrogens (tertiary/aromatic N) is 3. The fourth-order valence-electron chi connectivity index (χ4n) is 5.45. The van der Waals surface area contributed by atoms with Gasteiger partial charge < -0.3 is 16.2 Å². The van der Waals surface area contributed by atoms with Gasteiger partial charge in [-0.3, -0.25) is 19.3 Å². The highest BCUT2D eigenvalue weighted by Gasteiger charge is 2.42. The van der Waals surface area contributed by atoms with Crippen molar-refractivity contribution in [1.29, 1.82) is 0 Å². The zero-order valence-electron chi connectivity index (χ0n) is 22.8. The lowest BCUT2D eigenvalue weighted by atomic mass is 9.92. The van der Waals surface area contributed by atoms with E-state index in [1.165, 1.54) is 24.4 Å². The molecule has 0 saturated heterocycles. The number of aromatic nitrogens is 3. The Morgan fingerprint density at radius 3 is 2.50 bits per heavy atom. The number of nitrogens with two attached hydrogens (primary N) is 1. The van der Waals surface area contributed by atoms with Gasteiger partial charge in [0.25, 0.3) is 5.91 Å². The van der Waals surface area contributed by atoms with E-state index in [0.29, 0.717) is 18.1 Å². The van der Waals surface area contributed by atoms with Gasteiger partial charge in [-0.05, 0) is 67.1 Å². The molecular weight excluding hydrogens is 592 g/mol. The number of carbonyl (C=O) groups excluding carboxylic acids is 2. The number of benzene rings is 2. The van der Waals surface area contributed by atoms with Gasteiger partial charge in [0, 0.05) is 29.1 Å². The van der Waals surface area contributed by atoms with Gasteiger partial charge in [-0.2, -0.15) is 18.3 Å². The molecule has 0 spiro atoms. The lowest BCUT2D eigenvalue weighted by Crippen LogP contribution is -2.34. The Kier molecular flexibility index (Phi) is 8.46. The molecule has 4 N–H and O–H groups in total. The molecule has 0 radical (unpaired) electrons. The summed E-state index contributed by atoms with van der Waals surface area (Å²) in [6.07, 6.45) is -4.43. The second-order valence-electron chi connectivity index (χ2n) is 10.4. The number of nitrogens with one attached hydrogen (secondary N) is 1. The number of amides is 2. The largest absolute Gasteiger partial charge is 0.435 e. The van der Waals surface area contributed by atoms with Crippen molar-refractivity contribution in [2.24, 2.45) is 5.73 Å². The van der Waals surface area contributed by atoms with Crippen LogP contribution in [0.25, 0.3) is 11.1 Å². The van der Waals surface area contributed by atoms with E-state index in [4.69, 9.17) is 5.73 Å². The minimum atomic E-state index is -4.87. The first kappa shape index (κ1) is 30.7. The monoisotopic (exact) mass is 617 g/mol. The van der Waals surface area contributed by atoms with Gasteiger partial charge in [0.2, 0.25) is 5.91 Å². The highest BCUT2D eigenvalue weighted by molar-refractivity contribution is 5.94. The fraction of sp³-hybridized carbons (Fsp3) is 0.267. The van der Waals surface area contributed by atoms with Crippen LogP contribution >= 0.6 is 0 Å². The molecule has 0 bridgehead atoms. The van der Waals surface area contributed by atoms with Crippen molar-refractivity contribution in [2.45, 2.75) is 50.6 Å². The van der Waals surface area contributed by atoms with Gasteiger partial charge in [0.15, 0.2) is 5.69 Å². The number of fused-ring (bicyclic) bond motifs is 1. The summed E-state index contributed by atoms with van der Waals surface area (Å²) in [7, 11) is 0. The summed E-state index contributed by atoms with van der Waals surface area (Å²) < 4.78 is 84.5. The summed E-state index contributed by atoms with van der Waals surface area (Å²) in [5, 5.41) is 16.6. The normalized spacial score (nSPS) is 15.5. The molecule has 2 unspecified atom stereocenters. The molecular formula is C30H25F6N5O3. The van der Waals surface area contributed by atoms with Crippen LogP contribution in [0.5, 0.6) is 0 Å². The van der Waals surface area contributed by atoms with Crippen LogP contribution in [-0.2, 0) is 30.4 Å². The van der Waals surface area contributed by atoms with Crippen molar-refractivity contribution < 1.29 is 41.0 Å². The van der Waals surface area contributed by atoms with Gasteiger partial charge in [-0.25, -0.2) is 13.2 Å². The molecule has 5 rings (SSSR count). The molecule has 1 aliphatic carbocycles. The Labute approximate surface area is 246 Å². The molecule has 0 aliphatic heterocycles. The Balaban J connectivity index is 1.53. The third-order valence-corrected chi connectivity index (χ3v) is 7.29. The predicted molar refractivity (Wildman–Crippen MR) is 144 cm³/mol. The van der Waals surface area contributed by atoms with Gasteiger partial charge >= 0.3 is 6.18 Å². The van der Waals surface area contributed by atoms with Crippen molar-refractivity contribution >= 4 is 11.8 Å². The summed E-state index contributed by atoms with van der Waals surface area (Å²) in [6.45, 7) is -0.663. The minimum Gasteiger partial charge on any atom is -0.388 e. The van der Waals surface area contributed by atoms with Gasteiger partial charge in [-0.1, -0.05) is 12.1 Å². The molecule has 4 aromatic rings. The summed E-state index contributed by atoms with van der Waals surface area (Å²) in [5.41, 5.74) is 4.22. The van der Waals surface area contributed by atoms with Crippen LogP contribution in [0, 0.1) is 17.5 Å². The van der Waals surface area contributed by atoms with Gasteiger partial charge in [-0.15, -0.1) is 0 Å². The molecule has 2 atom stereocenters. The number of primary amides is 1. The number of aliphatic hydroxyl groups is 1. The lowest BCUT2D eigenvalue weighted by molar-refractivity contribution is -0.143. The third kappa shape index (κ3) is 6.44. The standard InChI is InChI=1S/C30H25F6N5O3/c31-17-9-15(10-18(32)13-17)11-22(27-19(3-2-8-38-27)16-6-7-21(33)20(12-16)29(37)44)39-25(43)14-41-23-4-1-5-24(42)26(23)28(40-41)30(34,35)36/h2-3,6-10,12-13,22,24,42H,1,4-5,11,14H2,(H2,37,44)(H,39,43). The number of hydrogen-bond acceptors (Lipinski definition) is 5. The molecule has 2 aromatic heterocycles. The zero-order valence-corrected chi connectivity index (χ0v) is 22.8. The minimum absolute atomic E-state index is 0.0822. The topological polar surface area (TPSA) is 123 Å². The van der Waals surface area contributed by atoms with Crippen LogP contribution in [0.1, 0.15) is 63.6 Å². The van der Waals surface area contributed by atoms with Crippen molar-refractivity contribution in [3.63, 3.8) is 0 Å². The van der Waals surface area contributed by atoms with E-state index in [9.17, 15) is 41.0 Å². The average molecular weight is 618 g/mol. The van der Waals surface area contributed by atoms with Crippen molar-refractivity contribution in [1.82, 2.24) is 20.1 Å². The summed E-state index contributed by atoms with van der Waals surface area (Å²) in [5.74, 6) is -4.45. The molecule has 1 aliphatic rings. The van der Waals surface area contributed by atoms with Gasteiger partial charge in [0.05, 0.1) is 23.4 Å². The van der Waals surface area contributed by atoms with Crippen molar-refractivity contribution in [3.05, 3.63) is 106 Å². The Morgan fingerprint density at radius 1 is 1.09 bits per heavy atom. The van der Waals surface area contributed by atoms with Gasteiger partial charge in [0.1, 0.15) is 24.0 Å². The van der Waals surface area contributed by atoms with Crippen LogP contribution in [0.2, 0.25) is 0 Å². The molecule has 2 aromatic carbocycles. The predicted octanol–water partition coefficient (Wildman–Crippen LogP) is 4.95. The van der Waals surface area contributed by atoms with Crippen LogP contribution < -0.4 is 11.1 Å². The zero-order chi connectivity index (χ0) is 31.8. The quantitative estimate of drug-likeness (QED) is 0.242. The molecule has 230 valence electrons. The van der Waals surface area contributed by atoms with E-state index in [1.807, 2.05) is 0 Å². The third-order valence-electron chi connectivity index (χ3n) is 7.29. The molecule has 14 heteroatoms.